The van der Waals surface area contributed by atoms with Gasteiger partial charge in [0.15, 0.2) is 0 Å². The van der Waals surface area contributed by atoms with E-state index in [1.54, 1.807) is 17.2 Å². The molecule has 1 aromatic rings. The maximum Gasteiger partial charge on any atom is 0.323 e. The van der Waals surface area contributed by atoms with Crippen molar-refractivity contribution >= 4 is 11.9 Å². The largest absolute Gasteiger partial charge is 0.481 e. The smallest absolute Gasteiger partial charge is 0.323 e. The summed E-state index contributed by atoms with van der Waals surface area (Å²) in [4.78, 5) is 20.7. The average molecular weight is 239 g/mol. The quantitative estimate of drug-likeness (QED) is 0.850. The summed E-state index contributed by atoms with van der Waals surface area (Å²) < 4.78 is 5.00. The molecule has 6 nitrogen and oxygen atoms in total. The number of aliphatic carboxylic acids is 1. The van der Waals surface area contributed by atoms with Crippen LogP contribution in [0.15, 0.2) is 12.3 Å². The van der Waals surface area contributed by atoms with E-state index in [-0.39, 0.29) is 12.1 Å². The first-order chi connectivity index (χ1) is 7.84. The van der Waals surface area contributed by atoms with Crippen molar-refractivity contribution in [2.24, 2.45) is 0 Å². The molecular formula is C11H17N3O3. The van der Waals surface area contributed by atoms with Gasteiger partial charge < -0.3 is 14.7 Å². The number of nitrogens with zero attached hydrogens (tertiary/aromatic N) is 3. The zero-order valence-corrected chi connectivity index (χ0v) is 10.5. The minimum Gasteiger partial charge on any atom is -0.481 e. The van der Waals surface area contributed by atoms with Gasteiger partial charge in [-0.1, -0.05) is 0 Å². The van der Waals surface area contributed by atoms with Crippen molar-refractivity contribution in [3.05, 3.63) is 12.3 Å². The predicted molar refractivity (Wildman–Crippen MR) is 63.3 cm³/mol. The summed E-state index contributed by atoms with van der Waals surface area (Å²) >= 11 is 0. The molecule has 0 aromatic carbocycles. The first-order valence-corrected chi connectivity index (χ1v) is 5.21. The monoisotopic (exact) mass is 239 g/mol. The number of anilines is 1. The summed E-state index contributed by atoms with van der Waals surface area (Å²) in [5.74, 6) is -0.166. The van der Waals surface area contributed by atoms with Crippen molar-refractivity contribution in [3.8, 4) is 5.88 Å². The summed E-state index contributed by atoms with van der Waals surface area (Å²) in [6.07, 6.45) is 1.54. The number of hydrogen-bond acceptors (Lipinski definition) is 5. The number of aromatic nitrogens is 2. The van der Waals surface area contributed by atoms with E-state index in [0.717, 1.165) is 0 Å². The van der Waals surface area contributed by atoms with Gasteiger partial charge in [0.25, 0.3) is 0 Å². The molecule has 17 heavy (non-hydrogen) atoms. The number of carbonyl (C=O) groups is 1. The fourth-order valence-corrected chi connectivity index (χ4v) is 1.32. The van der Waals surface area contributed by atoms with E-state index in [1.165, 1.54) is 7.11 Å². The van der Waals surface area contributed by atoms with Gasteiger partial charge in [-0.2, -0.15) is 4.98 Å². The van der Waals surface area contributed by atoms with Crippen molar-refractivity contribution in [1.29, 1.82) is 0 Å². The lowest BCUT2D eigenvalue weighted by atomic mass is 10.1. The second-order valence-electron chi connectivity index (χ2n) is 4.55. The lowest BCUT2D eigenvalue weighted by Gasteiger charge is -2.34. The number of carboxylic acids is 1. The Morgan fingerprint density at radius 3 is 2.65 bits per heavy atom. The lowest BCUT2D eigenvalue weighted by molar-refractivity contribution is -0.135. The fourth-order valence-electron chi connectivity index (χ4n) is 1.32. The Kier molecular flexibility index (Phi) is 3.88. The molecule has 0 fully saturated rings. The molecule has 0 aliphatic heterocycles. The van der Waals surface area contributed by atoms with Gasteiger partial charge in [0.1, 0.15) is 6.54 Å². The van der Waals surface area contributed by atoms with E-state index in [4.69, 9.17) is 9.84 Å². The highest BCUT2D eigenvalue weighted by Gasteiger charge is 2.26. The minimum atomic E-state index is -0.925. The molecule has 1 heterocycles. The maximum absolute atomic E-state index is 10.9. The summed E-state index contributed by atoms with van der Waals surface area (Å²) in [5.41, 5.74) is -0.384. The summed E-state index contributed by atoms with van der Waals surface area (Å²) in [5, 5.41) is 8.91. The molecule has 94 valence electrons. The molecule has 0 unspecified atom stereocenters. The highest BCUT2D eigenvalue weighted by atomic mass is 16.5. The van der Waals surface area contributed by atoms with Gasteiger partial charge in [0.2, 0.25) is 11.8 Å². The van der Waals surface area contributed by atoms with Gasteiger partial charge in [0.05, 0.1) is 7.11 Å². The van der Waals surface area contributed by atoms with Gasteiger partial charge in [-0.05, 0) is 20.8 Å². The molecule has 0 saturated carbocycles. The van der Waals surface area contributed by atoms with Crippen LogP contribution in [-0.2, 0) is 4.79 Å². The highest BCUT2D eigenvalue weighted by Crippen LogP contribution is 2.21. The van der Waals surface area contributed by atoms with Crippen LogP contribution < -0.4 is 9.64 Å². The topological polar surface area (TPSA) is 75.5 Å². The Bertz CT molecular complexity index is 401. The van der Waals surface area contributed by atoms with Crippen LogP contribution >= 0.6 is 0 Å². The van der Waals surface area contributed by atoms with Crippen LogP contribution in [0, 0.1) is 0 Å². The third-order valence-electron chi connectivity index (χ3n) is 2.17. The van der Waals surface area contributed by atoms with Gasteiger partial charge >= 0.3 is 5.97 Å². The Morgan fingerprint density at radius 1 is 1.53 bits per heavy atom. The van der Waals surface area contributed by atoms with Gasteiger partial charge in [0, 0.05) is 17.8 Å². The second-order valence-corrected chi connectivity index (χ2v) is 4.55. The molecule has 0 saturated heterocycles. The average Bonchev–Trinajstić information content (AvgIpc) is 2.24. The van der Waals surface area contributed by atoms with Crippen LogP contribution in [0.5, 0.6) is 5.88 Å². The van der Waals surface area contributed by atoms with Crippen molar-refractivity contribution < 1.29 is 14.6 Å². The van der Waals surface area contributed by atoms with E-state index in [2.05, 4.69) is 9.97 Å². The molecule has 0 spiro atoms. The summed E-state index contributed by atoms with van der Waals surface area (Å²) in [6, 6.07) is 1.62. The SMILES string of the molecule is COc1ccnc(N(CC(=O)O)C(C)(C)C)n1. The molecule has 0 aliphatic rings. The molecular weight excluding hydrogens is 222 g/mol. The van der Waals surface area contributed by atoms with Crippen LogP contribution in [0.3, 0.4) is 0 Å². The van der Waals surface area contributed by atoms with E-state index in [0.29, 0.717) is 11.8 Å². The van der Waals surface area contributed by atoms with E-state index in [9.17, 15) is 4.79 Å². The Balaban J connectivity index is 3.08. The van der Waals surface area contributed by atoms with Crippen LogP contribution in [-0.4, -0.2) is 40.2 Å². The Morgan fingerprint density at radius 2 is 2.18 bits per heavy atom. The standard InChI is InChI=1S/C11H17N3O3/c1-11(2,3)14(7-9(15)16)10-12-6-5-8(13-10)17-4/h5-6H,7H2,1-4H3,(H,15,16). The van der Waals surface area contributed by atoms with Crippen molar-refractivity contribution in [2.75, 3.05) is 18.6 Å². The zero-order valence-electron chi connectivity index (χ0n) is 10.5. The van der Waals surface area contributed by atoms with Crippen molar-refractivity contribution in [2.45, 2.75) is 26.3 Å². The van der Waals surface area contributed by atoms with E-state index >= 15 is 0 Å². The van der Waals surface area contributed by atoms with Crippen LogP contribution in [0.25, 0.3) is 0 Å². The highest BCUT2D eigenvalue weighted by molar-refractivity contribution is 5.73. The number of methoxy groups -OCH3 is 1. The molecule has 0 atom stereocenters. The molecule has 0 radical (unpaired) electrons. The van der Waals surface area contributed by atoms with Gasteiger partial charge in [-0.25, -0.2) is 4.98 Å². The first kappa shape index (κ1) is 13.2. The van der Waals surface area contributed by atoms with Crippen LogP contribution in [0.1, 0.15) is 20.8 Å². The van der Waals surface area contributed by atoms with E-state index < -0.39 is 5.97 Å². The third-order valence-corrected chi connectivity index (χ3v) is 2.17. The molecule has 1 rings (SSSR count). The number of carboxylic acid groups (broad SMARTS) is 1. The Labute approximate surface area is 100 Å². The molecule has 0 aliphatic carbocycles. The molecule has 0 amide bonds. The molecule has 0 bridgehead atoms. The minimum absolute atomic E-state index is 0.156. The first-order valence-electron chi connectivity index (χ1n) is 5.21. The predicted octanol–water partition coefficient (Wildman–Crippen LogP) is 1.17. The van der Waals surface area contributed by atoms with Crippen molar-refractivity contribution in [3.63, 3.8) is 0 Å². The fraction of sp³-hybridized carbons (Fsp3) is 0.545. The van der Waals surface area contributed by atoms with Gasteiger partial charge in [-0.3, -0.25) is 4.79 Å². The number of hydrogen-bond donors (Lipinski definition) is 1. The van der Waals surface area contributed by atoms with Gasteiger partial charge in [-0.15, -0.1) is 0 Å². The number of ether oxygens (including phenoxy) is 1. The van der Waals surface area contributed by atoms with Crippen LogP contribution in [0.2, 0.25) is 0 Å². The Hall–Kier alpha value is -1.85. The van der Waals surface area contributed by atoms with Crippen molar-refractivity contribution in [1.82, 2.24) is 9.97 Å². The summed E-state index contributed by atoms with van der Waals surface area (Å²) in [7, 11) is 1.50. The van der Waals surface area contributed by atoms with E-state index in [1.807, 2.05) is 20.8 Å². The summed E-state index contributed by atoms with van der Waals surface area (Å²) in [6.45, 7) is 5.55. The molecule has 6 heteroatoms. The molecule has 1 aromatic heterocycles. The van der Waals surface area contributed by atoms with Crippen LogP contribution in [0.4, 0.5) is 5.95 Å². The third kappa shape index (κ3) is 3.58. The maximum atomic E-state index is 10.9. The number of rotatable bonds is 4. The lowest BCUT2D eigenvalue weighted by Crippen LogP contribution is -2.45. The molecule has 1 N–H and O–H groups in total. The zero-order chi connectivity index (χ0) is 13.1. The second kappa shape index (κ2) is 4.99. The normalized spacial score (nSPS) is 11.1.